The van der Waals surface area contributed by atoms with Crippen LogP contribution in [-0.2, 0) is 0 Å². The molecule has 6 nitrogen and oxygen atoms in total. The second kappa shape index (κ2) is 6.39. The van der Waals surface area contributed by atoms with E-state index in [0.29, 0.717) is 5.95 Å². The van der Waals surface area contributed by atoms with E-state index in [0.717, 1.165) is 28.7 Å². The number of nitrogens with one attached hydrogen (secondary N) is 1. The summed E-state index contributed by atoms with van der Waals surface area (Å²) >= 11 is 0. The van der Waals surface area contributed by atoms with E-state index in [1.807, 2.05) is 60.0 Å². The average molecular weight is 310 g/mol. The molecule has 118 valence electrons. The van der Waals surface area contributed by atoms with E-state index >= 15 is 0 Å². The second-order valence-corrected chi connectivity index (χ2v) is 4.96. The summed E-state index contributed by atoms with van der Waals surface area (Å²) < 4.78 is 12.3. The fourth-order valence-electron chi connectivity index (χ4n) is 2.29. The summed E-state index contributed by atoms with van der Waals surface area (Å²) in [5.74, 6) is 3.07. The summed E-state index contributed by atoms with van der Waals surface area (Å²) in [4.78, 5) is 0. The Morgan fingerprint density at radius 2 is 1.39 bits per heavy atom. The Hall–Kier alpha value is -3.02. The van der Waals surface area contributed by atoms with Crippen molar-refractivity contribution in [3.63, 3.8) is 0 Å². The molecule has 0 radical (unpaired) electrons. The van der Waals surface area contributed by atoms with Gasteiger partial charge in [0.2, 0.25) is 5.95 Å². The largest absolute Gasteiger partial charge is 0.497 e. The van der Waals surface area contributed by atoms with E-state index in [1.165, 1.54) is 0 Å². The normalized spacial score (nSPS) is 10.4. The lowest BCUT2D eigenvalue weighted by Crippen LogP contribution is -2.03. The number of ether oxygens (including phenoxy) is 2. The van der Waals surface area contributed by atoms with Gasteiger partial charge in [-0.2, -0.15) is 0 Å². The smallest absolute Gasteiger partial charge is 0.233 e. The lowest BCUT2D eigenvalue weighted by Gasteiger charge is -2.11. The number of anilines is 2. The van der Waals surface area contributed by atoms with Crippen molar-refractivity contribution in [3.8, 4) is 17.2 Å². The number of benzene rings is 2. The van der Waals surface area contributed by atoms with E-state index in [-0.39, 0.29) is 0 Å². The lowest BCUT2D eigenvalue weighted by molar-refractivity contribution is 0.414. The van der Waals surface area contributed by atoms with Crippen LogP contribution in [0, 0.1) is 6.92 Å². The van der Waals surface area contributed by atoms with Crippen molar-refractivity contribution in [3.05, 3.63) is 54.4 Å². The van der Waals surface area contributed by atoms with E-state index in [1.54, 1.807) is 14.2 Å². The Bertz CT molecular complexity index is 779. The van der Waals surface area contributed by atoms with Gasteiger partial charge in [-0.25, -0.2) is 0 Å². The highest BCUT2D eigenvalue weighted by Gasteiger charge is 2.11. The van der Waals surface area contributed by atoms with Crippen LogP contribution in [0.4, 0.5) is 11.6 Å². The first-order chi connectivity index (χ1) is 11.2. The summed E-state index contributed by atoms with van der Waals surface area (Å²) in [6.07, 6.45) is 0. The number of rotatable bonds is 5. The van der Waals surface area contributed by atoms with Gasteiger partial charge in [0.1, 0.15) is 17.3 Å². The zero-order valence-electron chi connectivity index (χ0n) is 13.3. The summed E-state index contributed by atoms with van der Waals surface area (Å²) in [7, 11) is 3.29. The van der Waals surface area contributed by atoms with Crippen molar-refractivity contribution < 1.29 is 9.47 Å². The molecule has 1 aromatic heterocycles. The third kappa shape index (κ3) is 3.11. The van der Waals surface area contributed by atoms with Gasteiger partial charge in [-0.15, -0.1) is 10.2 Å². The summed E-state index contributed by atoms with van der Waals surface area (Å²) in [5.41, 5.74) is 1.87. The van der Waals surface area contributed by atoms with Crippen LogP contribution in [0.25, 0.3) is 5.69 Å². The molecule has 3 rings (SSSR count). The number of aryl methyl sites for hydroxylation is 1. The molecule has 0 aliphatic carbocycles. The van der Waals surface area contributed by atoms with Crippen LogP contribution in [0.3, 0.4) is 0 Å². The minimum atomic E-state index is 0.651. The number of methoxy groups -OCH3 is 2. The molecule has 1 N–H and O–H groups in total. The zero-order chi connectivity index (χ0) is 16.2. The lowest BCUT2D eigenvalue weighted by atomic mass is 10.3. The number of hydrogen-bond donors (Lipinski definition) is 1. The Balaban J connectivity index is 1.90. The first kappa shape index (κ1) is 14.9. The molecular weight excluding hydrogens is 292 g/mol. The third-order valence-electron chi connectivity index (χ3n) is 3.50. The van der Waals surface area contributed by atoms with Crippen molar-refractivity contribution >= 4 is 11.6 Å². The molecule has 0 amide bonds. The standard InChI is InChI=1S/C17H18N4O2/c1-12-19-20-17(18-13-4-8-15(22-2)9-5-13)21(12)14-6-10-16(23-3)11-7-14/h4-11H,1-3H3,(H,18,20). The van der Waals surface area contributed by atoms with E-state index in [9.17, 15) is 0 Å². The van der Waals surface area contributed by atoms with Gasteiger partial charge in [0.25, 0.3) is 0 Å². The monoisotopic (exact) mass is 310 g/mol. The fourth-order valence-corrected chi connectivity index (χ4v) is 2.29. The van der Waals surface area contributed by atoms with E-state index in [4.69, 9.17) is 9.47 Å². The van der Waals surface area contributed by atoms with Crippen LogP contribution >= 0.6 is 0 Å². The highest BCUT2D eigenvalue weighted by atomic mass is 16.5. The van der Waals surface area contributed by atoms with Gasteiger partial charge in [0.15, 0.2) is 0 Å². The summed E-state index contributed by atoms with van der Waals surface area (Å²) in [6, 6.07) is 15.4. The number of aromatic nitrogens is 3. The second-order valence-electron chi connectivity index (χ2n) is 4.96. The average Bonchev–Trinajstić information content (AvgIpc) is 2.96. The molecular formula is C17H18N4O2. The minimum absolute atomic E-state index is 0.651. The Labute approximate surface area is 134 Å². The van der Waals surface area contributed by atoms with Crippen molar-refractivity contribution in [1.82, 2.24) is 14.8 Å². The van der Waals surface area contributed by atoms with Crippen molar-refractivity contribution in [2.45, 2.75) is 6.92 Å². The van der Waals surface area contributed by atoms with Gasteiger partial charge in [-0.05, 0) is 55.5 Å². The Morgan fingerprint density at radius 3 is 1.96 bits per heavy atom. The molecule has 0 spiro atoms. The molecule has 0 saturated carbocycles. The van der Waals surface area contributed by atoms with E-state index < -0.39 is 0 Å². The van der Waals surface area contributed by atoms with Gasteiger partial charge in [-0.1, -0.05) is 0 Å². The van der Waals surface area contributed by atoms with Crippen molar-refractivity contribution in [2.24, 2.45) is 0 Å². The molecule has 23 heavy (non-hydrogen) atoms. The first-order valence-electron chi connectivity index (χ1n) is 7.19. The number of hydrogen-bond acceptors (Lipinski definition) is 5. The maximum Gasteiger partial charge on any atom is 0.233 e. The highest BCUT2D eigenvalue weighted by molar-refractivity contribution is 5.57. The van der Waals surface area contributed by atoms with Crippen molar-refractivity contribution in [1.29, 1.82) is 0 Å². The molecule has 0 unspecified atom stereocenters. The van der Waals surface area contributed by atoms with Gasteiger partial charge in [-0.3, -0.25) is 4.57 Å². The van der Waals surface area contributed by atoms with E-state index in [2.05, 4.69) is 15.5 Å². The molecule has 0 aliphatic rings. The van der Waals surface area contributed by atoms with Gasteiger partial charge in [0.05, 0.1) is 19.9 Å². The SMILES string of the molecule is COc1ccc(Nc2nnc(C)n2-c2ccc(OC)cc2)cc1. The molecule has 3 aromatic rings. The van der Waals surface area contributed by atoms with Gasteiger partial charge < -0.3 is 14.8 Å². The van der Waals surface area contributed by atoms with Gasteiger partial charge >= 0.3 is 0 Å². The fraction of sp³-hybridized carbons (Fsp3) is 0.176. The van der Waals surface area contributed by atoms with Crippen LogP contribution in [0.2, 0.25) is 0 Å². The maximum atomic E-state index is 5.20. The predicted octanol–water partition coefficient (Wildman–Crippen LogP) is 3.34. The molecule has 0 fully saturated rings. The van der Waals surface area contributed by atoms with Crippen LogP contribution in [0.15, 0.2) is 48.5 Å². The molecule has 2 aromatic carbocycles. The summed E-state index contributed by atoms with van der Waals surface area (Å²) in [5, 5.41) is 11.6. The summed E-state index contributed by atoms with van der Waals surface area (Å²) in [6.45, 7) is 1.91. The molecule has 0 aliphatic heterocycles. The topological polar surface area (TPSA) is 61.2 Å². The zero-order valence-corrected chi connectivity index (χ0v) is 13.3. The third-order valence-corrected chi connectivity index (χ3v) is 3.50. The first-order valence-corrected chi connectivity index (χ1v) is 7.19. The number of nitrogens with zero attached hydrogens (tertiary/aromatic N) is 3. The predicted molar refractivity (Wildman–Crippen MR) is 88.9 cm³/mol. The van der Waals surface area contributed by atoms with Crippen molar-refractivity contribution in [2.75, 3.05) is 19.5 Å². The molecule has 6 heteroatoms. The Morgan fingerprint density at radius 1 is 0.826 bits per heavy atom. The maximum absolute atomic E-state index is 5.20. The molecule has 0 bridgehead atoms. The molecule has 0 saturated heterocycles. The quantitative estimate of drug-likeness (QED) is 0.783. The molecule has 1 heterocycles. The highest BCUT2D eigenvalue weighted by Crippen LogP contribution is 2.23. The van der Waals surface area contributed by atoms with Gasteiger partial charge in [0, 0.05) is 5.69 Å². The van der Waals surface area contributed by atoms with Crippen LogP contribution < -0.4 is 14.8 Å². The molecule has 0 atom stereocenters. The van der Waals surface area contributed by atoms with Crippen LogP contribution in [0.1, 0.15) is 5.82 Å². The minimum Gasteiger partial charge on any atom is -0.497 e. The van der Waals surface area contributed by atoms with Crippen LogP contribution in [-0.4, -0.2) is 29.0 Å². The van der Waals surface area contributed by atoms with Crippen LogP contribution in [0.5, 0.6) is 11.5 Å². The Kier molecular flexibility index (Phi) is 4.14.